The van der Waals surface area contributed by atoms with Crippen LogP contribution in [0, 0.1) is 17.2 Å². The number of cyclic esters (lactones) is 1. The van der Waals surface area contributed by atoms with E-state index in [-0.39, 0.29) is 43.5 Å². The maximum atomic E-state index is 12.2. The van der Waals surface area contributed by atoms with Gasteiger partial charge < -0.3 is 25.0 Å². The molecule has 0 spiro atoms. The molecule has 0 saturated carbocycles. The quantitative estimate of drug-likeness (QED) is 0.332. The number of amidine groups is 1. The van der Waals surface area contributed by atoms with Crippen molar-refractivity contribution in [3.8, 4) is 0 Å². The summed E-state index contributed by atoms with van der Waals surface area (Å²) in [5, 5.41) is 7.97. The molecule has 2 amide bonds. The Balaban J connectivity index is 1.90. The number of nitrogens with two attached hydrogens (primary N) is 1. The van der Waals surface area contributed by atoms with Gasteiger partial charge in [-0.25, -0.2) is 9.59 Å². The van der Waals surface area contributed by atoms with Crippen LogP contribution < -0.4 is 5.73 Å². The van der Waals surface area contributed by atoms with Gasteiger partial charge in [0.15, 0.2) is 0 Å². The third-order valence-electron chi connectivity index (χ3n) is 4.99. The Labute approximate surface area is 177 Å². The second-order valence-electron chi connectivity index (χ2n) is 8.77. The molecule has 12 heteroatoms. The van der Waals surface area contributed by atoms with Crippen molar-refractivity contribution < 1.29 is 31.7 Å². The van der Waals surface area contributed by atoms with Crippen molar-refractivity contribution in [1.82, 2.24) is 9.80 Å². The Morgan fingerprint density at radius 2 is 1.93 bits per heavy atom. The predicted octanol–water partition coefficient (Wildman–Crippen LogP) is 0.983. The average molecular weight is 449 g/mol. The normalized spacial score (nSPS) is 22.0. The molecule has 0 aromatic heterocycles. The summed E-state index contributed by atoms with van der Waals surface area (Å²) in [4.78, 5) is 27.4. The highest BCUT2D eigenvalue weighted by Gasteiger charge is 2.38. The Bertz CT molecular complexity index is 757. The van der Waals surface area contributed by atoms with Crippen LogP contribution in [0.15, 0.2) is 0 Å². The number of hydrogen-bond donors (Lipinski definition) is 2. The van der Waals surface area contributed by atoms with Gasteiger partial charge in [0.25, 0.3) is 10.1 Å². The van der Waals surface area contributed by atoms with Gasteiger partial charge in [0.05, 0.1) is 18.6 Å². The van der Waals surface area contributed by atoms with Crippen LogP contribution in [0.25, 0.3) is 0 Å². The largest absolute Gasteiger partial charge is 0.444 e. The summed E-state index contributed by atoms with van der Waals surface area (Å²) >= 11 is 0. The molecule has 0 radical (unpaired) electrons. The summed E-state index contributed by atoms with van der Waals surface area (Å²) in [5.74, 6) is -0.387. The van der Waals surface area contributed by atoms with Gasteiger partial charge in [0.1, 0.15) is 18.3 Å². The van der Waals surface area contributed by atoms with E-state index >= 15 is 0 Å². The van der Waals surface area contributed by atoms with Gasteiger partial charge in [0, 0.05) is 25.6 Å². The molecule has 172 valence electrons. The summed E-state index contributed by atoms with van der Waals surface area (Å²) in [6, 6.07) is 0. The molecule has 2 atom stereocenters. The number of carbonyl (C=O) groups is 2. The van der Waals surface area contributed by atoms with E-state index in [1.54, 1.807) is 4.90 Å². The molecule has 2 aliphatic heterocycles. The number of rotatable bonds is 7. The van der Waals surface area contributed by atoms with Crippen molar-refractivity contribution in [2.75, 3.05) is 39.0 Å². The first kappa shape index (κ1) is 24.2. The minimum absolute atomic E-state index is 0.0281. The number of nitrogens with one attached hydrogen (secondary N) is 1. The van der Waals surface area contributed by atoms with Gasteiger partial charge in [-0.2, -0.15) is 8.42 Å². The molecule has 0 aliphatic carbocycles. The zero-order valence-corrected chi connectivity index (χ0v) is 18.7. The van der Waals surface area contributed by atoms with Crippen molar-refractivity contribution in [2.24, 2.45) is 17.6 Å². The van der Waals surface area contributed by atoms with Crippen LogP contribution in [0.1, 0.15) is 33.6 Å². The molecule has 0 bridgehead atoms. The average Bonchev–Trinajstić information content (AvgIpc) is 2.95. The number of hydrogen-bond acceptors (Lipinski definition) is 8. The summed E-state index contributed by atoms with van der Waals surface area (Å²) in [5.41, 5.74) is 5.25. The van der Waals surface area contributed by atoms with Gasteiger partial charge >= 0.3 is 12.2 Å². The van der Waals surface area contributed by atoms with Crippen LogP contribution in [0.5, 0.6) is 0 Å². The standard InChI is InChI=1S/C18H32N4O7S/c1-18(2,3)29-17(24)21-7-5-12(6-8-21)14(15(19)20)10-22-9-13(28-16(22)23)11-27-30(4,25)26/h12-14H,5-11H2,1-4H3,(H3,19,20). The van der Waals surface area contributed by atoms with Crippen molar-refractivity contribution in [3.05, 3.63) is 0 Å². The van der Waals surface area contributed by atoms with E-state index in [2.05, 4.69) is 0 Å². The van der Waals surface area contributed by atoms with Crippen molar-refractivity contribution in [1.29, 1.82) is 5.41 Å². The maximum Gasteiger partial charge on any atom is 0.410 e. The lowest BCUT2D eigenvalue weighted by molar-refractivity contribution is 0.0168. The van der Waals surface area contributed by atoms with Crippen molar-refractivity contribution >= 4 is 28.1 Å². The molecule has 11 nitrogen and oxygen atoms in total. The first-order chi connectivity index (χ1) is 13.7. The Morgan fingerprint density at radius 1 is 1.33 bits per heavy atom. The zero-order chi connectivity index (χ0) is 22.7. The third kappa shape index (κ3) is 7.31. The molecule has 2 fully saturated rings. The van der Waals surface area contributed by atoms with E-state index in [0.29, 0.717) is 25.9 Å². The fourth-order valence-corrected chi connectivity index (χ4v) is 3.96. The van der Waals surface area contributed by atoms with Crippen LogP contribution in [-0.2, 0) is 23.8 Å². The molecule has 2 aliphatic rings. The number of nitrogens with zero attached hydrogens (tertiary/aromatic N) is 2. The predicted molar refractivity (Wildman–Crippen MR) is 109 cm³/mol. The Kier molecular flexibility index (Phi) is 7.56. The summed E-state index contributed by atoms with van der Waals surface area (Å²) < 4.78 is 37.5. The number of likely N-dealkylation sites (tertiary alicyclic amines) is 1. The molecular formula is C18H32N4O7S. The molecule has 2 heterocycles. The topological polar surface area (TPSA) is 152 Å². The number of amides is 2. The summed E-state index contributed by atoms with van der Waals surface area (Å²) in [6.45, 7) is 6.51. The Hall–Kier alpha value is -2.08. The minimum Gasteiger partial charge on any atom is -0.444 e. The van der Waals surface area contributed by atoms with E-state index < -0.39 is 27.9 Å². The fraction of sp³-hybridized carbons (Fsp3) is 0.833. The highest BCUT2D eigenvalue weighted by Crippen LogP contribution is 2.28. The monoisotopic (exact) mass is 448 g/mol. The molecule has 3 N–H and O–H groups in total. The second-order valence-corrected chi connectivity index (χ2v) is 10.4. The molecule has 30 heavy (non-hydrogen) atoms. The second kappa shape index (κ2) is 9.38. The maximum absolute atomic E-state index is 12.2. The minimum atomic E-state index is -3.63. The van der Waals surface area contributed by atoms with E-state index in [4.69, 9.17) is 24.8 Å². The van der Waals surface area contributed by atoms with Crippen LogP contribution in [-0.4, -0.2) is 87.0 Å². The number of piperidine rings is 1. The first-order valence-electron chi connectivity index (χ1n) is 9.87. The summed E-state index contributed by atoms with van der Waals surface area (Å²) in [6.07, 6.45) is 0.539. The van der Waals surface area contributed by atoms with Crippen LogP contribution in [0.2, 0.25) is 0 Å². The van der Waals surface area contributed by atoms with Gasteiger partial charge in [-0.05, 0) is 39.5 Å². The van der Waals surface area contributed by atoms with E-state index in [9.17, 15) is 18.0 Å². The van der Waals surface area contributed by atoms with E-state index in [1.807, 2.05) is 20.8 Å². The SMILES string of the molecule is CC(C)(C)OC(=O)N1CCC(C(CN2CC(COS(C)(=O)=O)OC2=O)C(=N)N)CC1. The number of ether oxygens (including phenoxy) is 2. The Morgan fingerprint density at radius 3 is 2.43 bits per heavy atom. The molecule has 0 aromatic rings. The molecule has 2 saturated heterocycles. The van der Waals surface area contributed by atoms with Crippen molar-refractivity contribution in [2.45, 2.75) is 45.3 Å². The third-order valence-corrected chi connectivity index (χ3v) is 5.56. The lowest BCUT2D eigenvalue weighted by Crippen LogP contribution is -2.47. The zero-order valence-electron chi connectivity index (χ0n) is 17.9. The van der Waals surface area contributed by atoms with Crippen LogP contribution >= 0.6 is 0 Å². The first-order valence-corrected chi connectivity index (χ1v) is 11.7. The fourth-order valence-electron chi connectivity index (χ4n) is 3.56. The number of carbonyl (C=O) groups excluding carboxylic acids is 2. The van der Waals surface area contributed by atoms with E-state index in [0.717, 1.165) is 6.26 Å². The highest BCUT2D eigenvalue weighted by atomic mass is 32.2. The van der Waals surface area contributed by atoms with E-state index in [1.165, 1.54) is 4.90 Å². The van der Waals surface area contributed by atoms with Gasteiger partial charge in [-0.3, -0.25) is 9.59 Å². The molecular weight excluding hydrogens is 416 g/mol. The molecule has 2 unspecified atom stereocenters. The van der Waals surface area contributed by atoms with Gasteiger partial charge in [0.2, 0.25) is 0 Å². The van der Waals surface area contributed by atoms with Gasteiger partial charge in [-0.1, -0.05) is 0 Å². The van der Waals surface area contributed by atoms with Crippen molar-refractivity contribution in [3.63, 3.8) is 0 Å². The molecule has 2 rings (SSSR count). The molecule has 0 aromatic carbocycles. The highest BCUT2D eigenvalue weighted by molar-refractivity contribution is 7.85. The van der Waals surface area contributed by atoms with Gasteiger partial charge in [-0.15, -0.1) is 0 Å². The van der Waals surface area contributed by atoms with Crippen LogP contribution in [0.4, 0.5) is 9.59 Å². The lowest BCUT2D eigenvalue weighted by Gasteiger charge is -2.37. The smallest absolute Gasteiger partial charge is 0.410 e. The lowest BCUT2D eigenvalue weighted by atomic mass is 9.83. The summed E-state index contributed by atoms with van der Waals surface area (Å²) in [7, 11) is -3.63. The van der Waals surface area contributed by atoms with Crippen LogP contribution in [0.3, 0.4) is 0 Å².